The average Bonchev–Trinajstić information content (AvgIpc) is 3.22. The summed E-state index contributed by atoms with van der Waals surface area (Å²) in [6.07, 6.45) is 2.67. The second kappa shape index (κ2) is 5.88. The van der Waals surface area contributed by atoms with Gasteiger partial charge in [0.05, 0.1) is 25.5 Å². The van der Waals surface area contributed by atoms with Gasteiger partial charge in [-0.1, -0.05) is 0 Å². The van der Waals surface area contributed by atoms with Gasteiger partial charge in [0.1, 0.15) is 28.9 Å². The summed E-state index contributed by atoms with van der Waals surface area (Å²) in [4.78, 5) is 25.8. The molecule has 9 heteroatoms. The number of aromatic nitrogens is 2. The molecule has 0 aliphatic carbocycles. The topological polar surface area (TPSA) is 115 Å². The summed E-state index contributed by atoms with van der Waals surface area (Å²) in [7, 11) is 1.49. The number of hydrogen-bond acceptors (Lipinski definition) is 8. The third kappa shape index (κ3) is 2.07. The summed E-state index contributed by atoms with van der Waals surface area (Å²) in [6.45, 7) is 1.79. The van der Waals surface area contributed by atoms with E-state index in [0.717, 1.165) is 0 Å². The fourth-order valence-electron chi connectivity index (χ4n) is 3.35. The summed E-state index contributed by atoms with van der Waals surface area (Å²) in [6, 6.07) is 6.84. The first-order valence-electron chi connectivity index (χ1n) is 8.11. The lowest BCUT2D eigenvalue weighted by molar-refractivity contribution is -0.145. The largest absolute Gasteiger partial charge is 0.497 e. The van der Waals surface area contributed by atoms with Crippen LogP contribution in [0.5, 0.6) is 11.5 Å². The molecule has 0 amide bonds. The highest BCUT2D eigenvalue weighted by atomic mass is 16.6. The van der Waals surface area contributed by atoms with E-state index in [1.165, 1.54) is 24.2 Å². The van der Waals surface area contributed by atoms with Gasteiger partial charge < -0.3 is 19.5 Å². The molecule has 0 fully saturated rings. The van der Waals surface area contributed by atoms with E-state index in [1.807, 2.05) is 6.07 Å². The molecule has 9 nitrogen and oxygen atoms in total. The van der Waals surface area contributed by atoms with Crippen molar-refractivity contribution in [1.82, 2.24) is 9.78 Å². The fraction of sp³-hybridized carbons (Fsp3) is 0.222. The van der Waals surface area contributed by atoms with Crippen molar-refractivity contribution < 1.29 is 23.8 Å². The fourth-order valence-corrected chi connectivity index (χ4v) is 3.35. The predicted octanol–water partition coefficient (Wildman–Crippen LogP) is 1.30. The van der Waals surface area contributed by atoms with Crippen LogP contribution >= 0.6 is 0 Å². The Bertz CT molecular complexity index is 1050. The Morgan fingerprint density at radius 3 is 3.00 bits per heavy atom. The van der Waals surface area contributed by atoms with Crippen LogP contribution in [0.25, 0.3) is 0 Å². The number of nitrogens with zero attached hydrogens (tertiary/aromatic N) is 3. The summed E-state index contributed by atoms with van der Waals surface area (Å²) in [5.41, 5.74) is -1.12. The van der Waals surface area contributed by atoms with Crippen molar-refractivity contribution in [3.63, 3.8) is 0 Å². The number of benzene rings is 1. The normalized spacial score (nSPS) is 19.3. The molecule has 1 spiro atoms. The molecule has 2 aliphatic heterocycles. The first kappa shape index (κ1) is 16.7. The van der Waals surface area contributed by atoms with Crippen LogP contribution in [0.15, 0.2) is 36.2 Å². The number of hydrogen-bond donors (Lipinski definition) is 1. The minimum Gasteiger partial charge on any atom is -0.497 e. The van der Waals surface area contributed by atoms with Crippen LogP contribution in [0, 0.1) is 11.3 Å². The van der Waals surface area contributed by atoms with Gasteiger partial charge in [-0.15, -0.1) is 0 Å². The summed E-state index contributed by atoms with van der Waals surface area (Å²) < 4.78 is 17.1. The number of rotatable bonds is 3. The van der Waals surface area contributed by atoms with Crippen molar-refractivity contribution in [3.8, 4) is 17.6 Å². The number of methoxy groups -OCH3 is 1. The van der Waals surface area contributed by atoms with Gasteiger partial charge >= 0.3 is 11.9 Å². The van der Waals surface area contributed by atoms with E-state index >= 15 is 0 Å². The average molecular weight is 366 g/mol. The molecule has 1 aromatic heterocycles. The molecule has 27 heavy (non-hydrogen) atoms. The molecule has 2 aliphatic rings. The van der Waals surface area contributed by atoms with Crippen molar-refractivity contribution in [2.24, 2.45) is 0 Å². The second-order valence-electron chi connectivity index (χ2n) is 5.82. The number of anilines is 1. The van der Waals surface area contributed by atoms with Crippen LogP contribution in [-0.4, -0.2) is 35.4 Å². The van der Waals surface area contributed by atoms with E-state index in [9.17, 15) is 14.9 Å². The third-order valence-corrected chi connectivity index (χ3v) is 4.52. The van der Waals surface area contributed by atoms with E-state index in [-0.39, 0.29) is 29.3 Å². The van der Waals surface area contributed by atoms with Crippen LogP contribution in [0.1, 0.15) is 18.1 Å². The molecular formula is C18H14N4O5. The minimum absolute atomic E-state index is 0.00134. The van der Waals surface area contributed by atoms with Crippen LogP contribution in [0.4, 0.5) is 5.82 Å². The second-order valence-corrected chi connectivity index (χ2v) is 5.82. The van der Waals surface area contributed by atoms with Crippen molar-refractivity contribution in [3.05, 3.63) is 47.3 Å². The SMILES string of the molecule is CCOC(=O)C1=CNc2c(C#N)cnn2C12C(=O)Oc1ccc(OC)cc12. The van der Waals surface area contributed by atoms with Gasteiger partial charge in [-0.3, -0.25) is 0 Å². The standard InChI is InChI=1S/C18H14N4O5/c1-3-26-16(23)13-9-20-15-10(7-19)8-21-22(15)18(13)12-6-11(25-2)4-5-14(12)27-17(18)24/h4-6,8-9,20H,3H2,1-2H3. The van der Waals surface area contributed by atoms with Crippen molar-refractivity contribution >= 4 is 17.8 Å². The highest BCUT2D eigenvalue weighted by Crippen LogP contribution is 2.50. The molecule has 0 saturated carbocycles. The van der Waals surface area contributed by atoms with E-state index in [4.69, 9.17) is 14.2 Å². The lowest BCUT2D eigenvalue weighted by Gasteiger charge is -2.32. The number of ether oxygens (including phenoxy) is 3. The Hall–Kier alpha value is -3.80. The Labute approximate surface area is 153 Å². The zero-order valence-electron chi connectivity index (χ0n) is 14.5. The molecule has 4 rings (SSSR count). The highest BCUT2D eigenvalue weighted by Gasteiger charge is 2.59. The van der Waals surface area contributed by atoms with Gasteiger partial charge in [0.25, 0.3) is 0 Å². The van der Waals surface area contributed by atoms with Crippen molar-refractivity contribution in [2.75, 3.05) is 19.0 Å². The predicted molar refractivity (Wildman–Crippen MR) is 91.0 cm³/mol. The van der Waals surface area contributed by atoms with Gasteiger partial charge in [0.2, 0.25) is 5.54 Å². The smallest absolute Gasteiger partial charge is 0.349 e. The number of fused-ring (bicyclic) bond motifs is 4. The summed E-state index contributed by atoms with van der Waals surface area (Å²) in [5.74, 6) is -0.393. The quantitative estimate of drug-likeness (QED) is 0.638. The van der Waals surface area contributed by atoms with Gasteiger partial charge in [-0.05, 0) is 25.1 Å². The molecule has 1 aromatic carbocycles. The molecule has 3 heterocycles. The lowest BCUT2D eigenvalue weighted by atomic mass is 9.82. The van der Waals surface area contributed by atoms with Gasteiger partial charge in [0.15, 0.2) is 0 Å². The number of carbonyl (C=O) groups excluding carboxylic acids is 2. The third-order valence-electron chi connectivity index (χ3n) is 4.52. The van der Waals surface area contributed by atoms with Crippen molar-refractivity contribution in [2.45, 2.75) is 12.5 Å². The van der Waals surface area contributed by atoms with E-state index in [2.05, 4.69) is 10.4 Å². The summed E-state index contributed by atoms with van der Waals surface area (Å²) >= 11 is 0. The first-order chi connectivity index (χ1) is 13.1. The zero-order chi connectivity index (χ0) is 19.2. The van der Waals surface area contributed by atoms with Crippen LogP contribution in [0.2, 0.25) is 0 Å². The number of esters is 2. The Morgan fingerprint density at radius 1 is 1.48 bits per heavy atom. The first-order valence-corrected chi connectivity index (χ1v) is 8.11. The van der Waals surface area contributed by atoms with Gasteiger partial charge in [-0.2, -0.15) is 10.4 Å². The lowest BCUT2D eigenvalue weighted by Crippen LogP contribution is -2.49. The van der Waals surface area contributed by atoms with E-state index in [0.29, 0.717) is 11.3 Å². The molecule has 2 aromatic rings. The van der Waals surface area contributed by atoms with Crippen LogP contribution in [0.3, 0.4) is 0 Å². The molecule has 0 radical (unpaired) electrons. The highest BCUT2D eigenvalue weighted by molar-refractivity contribution is 6.06. The molecule has 0 saturated heterocycles. The van der Waals surface area contributed by atoms with Crippen LogP contribution < -0.4 is 14.8 Å². The number of nitriles is 1. The Balaban J connectivity index is 2.05. The molecule has 136 valence electrons. The monoisotopic (exact) mass is 366 g/mol. The van der Waals surface area contributed by atoms with Crippen LogP contribution in [-0.2, 0) is 19.9 Å². The van der Waals surface area contributed by atoms with Gasteiger partial charge in [0, 0.05) is 11.8 Å². The molecule has 1 atom stereocenters. The Kier molecular flexibility index (Phi) is 3.63. The maximum absolute atomic E-state index is 13.1. The molecule has 1 unspecified atom stereocenters. The molecule has 0 bridgehead atoms. The van der Waals surface area contributed by atoms with E-state index in [1.54, 1.807) is 25.1 Å². The van der Waals surface area contributed by atoms with E-state index < -0.39 is 17.5 Å². The number of nitrogens with one attached hydrogen (secondary N) is 1. The Morgan fingerprint density at radius 2 is 2.30 bits per heavy atom. The maximum atomic E-state index is 13.1. The number of carbonyl (C=O) groups is 2. The van der Waals surface area contributed by atoms with Crippen molar-refractivity contribution in [1.29, 1.82) is 5.26 Å². The minimum atomic E-state index is -1.72. The molecular weight excluding hydrogens is 352 g/mol. The maximum Gasteiger partial charge on any atom is 0.349 e. The van der Waals surface area contributed by atoms with Gasteiger partial charge in [-0.25, -0.2) is 14.3 Å². The molecule has 1 N–H and O–H groups in total. The zero-order valence-corrected chi connectivity index (χ0v) is 14.5. The summed E-state index contributed by atoms with van der Waals surface area (Å²) in [5, 5.41) is 16.4.